The Balaban J connectivity index is 1.53. The summed E-state index contributed by atoms with van der Waals surface area (Å²) < 4.78 is 5.18. The molecule has 1 aliphatic carbocycles. The van der Waals surface area contributed by atoms with E-state index in [1.807, 2.05) is 0 Å². The highest BCUT2D eigenvalue weighted by molar-refractivity contribution is 5.80. The van der Waals surface area contributed by atoms with Crippen LogP contribution in [0.1, 0.15) is 19.3 Å². The van der Waals surface area contributed by atoms with Gasteiger partial charge in [-0.25, -0.2) is 0 Å². The van der Waals surface area contributed by atoms with E-state index in [0.717, 1.165) is 0 Å². The van der Waals surface area contributed by atoms with Gasteiger partial charge in [0, 0.05) is 32.1 Å². The lowest BCUT2D eigenvalue weighted by Crippen LogP contribution is -2.42. The fraction of sp³-hybridized carbons (Fsp3) is 0.833. The zero-order valence-electron chi connectivity index (χ0n) is 10.6. The fourth-order valence-electron chi connectivity index (χ4n) is 1.87. The monoisotopic (exact) mass is 255 g/mol. The number of amides is 2. The van der Waals surface area contributed by atoms with Crippen molar-refractivity contribution >= 4 is 11.8 Å². The first-order chi connectivity index (χ1) is 8.75. The SMILES string of the molecule is O=C(CNC1CC1)NCCC(=O)N1CCOCC1. The lowest BCUT2D eigenvalue weighted by Gasteiger charge is -2.26. The maximum Gasteiger partial charge on any atom is 0.233 e. The van der Waals surface area contributed by atoms with Gasteiger partial charge in [-0.3, -0.25) is 9.59 Å². The van der Waals surface area contributed by atoms with Crippen LogP contribution in [0.4, 0.5) is 0 Å². The van der Waals surface area contributed by atoms with Gasteiger partial charge in [0.25, 0.3) is 0 Å². The molecular weight excluding hydrogens is 234 g/mol. The maximum atomic E-state index is 11.8. The van der Waals surface area contributed by atoms with Gasteiger partial charge in [-0.1, -0.05) is 0 Å². The van der Waals surface area contributed by atoms with Crippen LogP contribution in [-0.4, -0.2) is 62.1 Å². The molecule has 1 heterocycles. The first-order valence-corrected chi connectivity index (χ1v) is 6.61. The minimum atomic E-state index is -0.0309. The molecule has 0 aromatic rings. The van der Waals surface area contributed by atoms with Crippen LogP contribution < -0.4 is 10.6 Å². The van der Waals surface area contributed by atoms with Crippen LogP contribution in [0.3, 0.4) is 0 Å². The van der Waals surface area contributed by atoms with E-state index in [1.54, 1.807) is 4.90 Å². The first kappa shape index (κ1) is 13.3. The Morgan fingerprint density at radius 2 is 1.94 bits per heavy atom. The summed E-state index contributed by atoms with van der Waals surface area (Å²) in [6.45, 7) is 3.33. The number of rotatable bonds is 6. The number of hydrogen-bond donors (Lipinski definition) is 2. The molecule has 0 unspecified atom stereocenters. The van der Waals surface area contributed by atoms with Crippen molar-refractivity contribution in [1.29, 1.82) is 0 Å². The Bertz CT molecular complexity index is 299. The third kappa shape index (κ3) is 4.62. The zero-order chi connectivity index (χ0) is 12.8. The van der Waals surface area contributed by atoms with E-state index in [1.165, 1.54) is 12.8 Å². The molecule has 1 saturated carbocycles. The Labute approximate surface area is 107 Å². The molecule has 2 rings (SSSR count). The van der Waals surface area contributed by atoms with Crippen LogP contribution in [0, 0.1) is 0 Å². The Morgan fingerprint density at radius 3 is 2.61 bits per heavy atom. The van der Waals surface area contributed by atoms with Crippen molar-refractivity contribution in [3.8, 4) is 0 Å². The van der Waals surface area contributed by atoms with E-state index >= 15 is 0 Å². The van der Waals surface area contributed by atoms with Gasteiger partial charge in [-0.2, -0.15) is 0 Å². The molecule has 18 heavy (non-hydrogen) atoms. The molecule has 0 bridgehead atoms. The molecule has 0 radical (unpaired) electrons. The van der Waals surface area contributed by atoms with E-state index in [-0.39, 0.29) is 11.8 Å². The molecular formula is C12H21N3O3. The molecule has 1 aliphatic heterocycles. The normalized spacial score (nSPS) is 19.7. The van der Waals surface area contributed by atoms with Crippen LogP contribution in [-0.2, 0) is 14.3 Å². The predicted molar refractivity (Wildman–Crippen MR) is 66.1 cm³/mol. The van der Waals surface area contributed by atoms with Gasteiger partial charge in [0.1, 0.15) is 0 Å². The zero-order valence-corrected chi connectivity index (χ0v) is 10.6. The molecule has 2 aliphatic rings. The average molecular weight is 255 g/mol. The topological polar surface area (TPSA) is 70.7 Å². The largest absolute Gasteiger partial charge is 0.378 e. The van der Waals surface area contributed by atoms with Gasteiger partial charge < -0.3 is 20.3 Å². The lowest BCUT2D eigenvalue weighted by molar-refractivity contribution is -0.135. The quantitative estimate of drug-likeness (QED) is 0.645. The van der Waals surface area contributed by atoms with Crippen molar-refractivity contribution in [1.82, 2.24) is 15.5 Å². The number of carbonyl (C=O) groups is 2. The van der Waals surface area contributed by atoms with Crippen molar-refractivity contribution < 1.29 is 14.3 Å². The number of hydrogen-bond acceptors (Lipinski definition) is 4. The highest BCUT2D eigenvalue weighted by Gasteiger charge is 2.21. The van der Waals surface area contributed by atoms with E-state index in [0.29, 0.717) is 51.9 Å². The summed E-state index contributed by atoms with van der Waals surface area (Å²) in [6, 6.07) is 0.533. The molecule has 6 heteroatoms. The third-order valence-electron chi connectivity index (χ3n) is 3.15. The summed E-state index contributed by atoms with van der Waals surface area (Å²) >= 11 is 0. The number of nitrogens with one attached hydrogen (secondary N) is 2. The smallest absolute Gasteiger partial charge is 0.233 e. The molecule has 6 nitrogen and oxygen atoms in total. The molecule has 102 valence electrons. The third-order valence-corrected chi connectivity index (χ3v) is 3.15. The Hall–Kier alpha value is -1.14. The Morgan fingerprint density at radius 1 is 1.22 bits per heavy atom. The van der Waals surface area contributed by atoms with Crippen LogP contribution in [0.15, 0.2) is 0 Å². The van der Waals surface area contributed by atoms with Gasteiger partial charge in [-0.15, -0.1) is 0 Å². The van der Waals surface area contributed by atoms with Gasteiger partial charge >= 0.3 is 0 Å². The summed E-state index contributed by atoms with van der Waals surface area (Å²) in [5, 5.41) is 5.89. The lowest BCUT2D eigenvalue weighted by atomic mass is 10.3. The van der Waals surface area contributed by atoms with E-state index in [2.05, 4.69) is 10.6 Å². The summed E-state index contributed by atoms with van der Waals surface area (Å²) in [5.41, 5.74) is 0. The summed E-state index contributed by atoms with van der Waals surface area (Å²) in [6.07, 6.45) is 2.71. The van der Waals surface area contributed by atoms with Gasteiger partial charge in [0.15, 0.2) is 0 Å². The van der Waals surface area contributed by atoms with Crippen molar-refractivity contribution in [2.75, 3.05) is 39.4 Å². The number of ether oxygens (including phenoxy) is 1. The highest BCUT2D eigenvalue weighted by atomic mass is 16.5. The van der Waals surface area contributed by atoms with Crippen molar-refractivity contribution in [2.24, 2.45) is 0 Å². The van der Waals surface area contributed by atoms with E-state index in [4.69, 9.17) is 4.74 Å². The second-order valence-corrected chi connectivity index (χ2v) is 4.75. The van der Waals surface area contributed by atoms with Crippen molar-refractivity contribution in [3.05, 3.63) is 0 Å². The highest BCUT2D eigenvalue weighted by Crippen LogP contribution is 2.17. The number of nitrogens with zero attached hydrogens (tertiary/aromatic N) is 1. The van der Waals surface area contributed by atoms with E-state index < -0.39 is 0 Å². The first-order valence-electron chi connectivity index (χ1n) is 6.61. The van der Waals surface area contributed by atoms with Gasteiger partial charge in [-0.05, 0) is 12.8 Å². The van der Waals surface area contributed by atoms with E-state index in [9.17, 15) is 9.59 Å². The molecule has 0 spiro atoms. The average Bonchev–Trinajstić information content (AvgIpc) is 3.21. The standard InChI is InChI=1S/C12H21N3O3/c16-11(9-14-10-1-2-10)13-4-3-12(17)15-5-7-18-8-6-15/h10,14H,1-9H2,(H,13,16). The van der Waals surface area contributed by atoms with Crippen molar-refractivity contribution in [2.45, 2.75) is 25.3 Å². The van der Waals surface area contributed by atoms with Crippen LogP contribution >= 0.6 is 0 Å². The van der Waals surface area contributed by atoms with Crippen LogP contribution in [0.2, 0.25) is 0 Å². The minimum Gasteiger partial charge on any atom is -0.378 e. The Kier molecular flexibility index (Phi) is 4.95. The fourth-order valence-corrected chi connectivity index (χ4v) is 1.87. The van der Waals surface area contributed by atoms with Gasteiger partial charge in [0.05, 0.1) is 19.8 Å². The van der Waals surface area contributed by atoms with Crippen molar-refractivity contribution in [3.63, 3.8) is 0 Å². The molecule has 0 aromatic carbocycles. The second kappa shape index (κ2) is 6.70. The van der Waals surface area contributed by atoms with Gasteiger partial charge in [0.2, 0.25) is 11.8 Å². The summed E-state index contributed by atoms with van der Waals surface area (Å²) in [7, 11) is 0. The molecule has 0 atom stereocenters. The molecule has 2 amide bonds. The minimum absolute atomic E-state index is 0.0309. The molecule has 2 N–H and O–H groups in total. The summed E-state index contributed by atoms with van der Waals surface area (Å²) in [4.78, 5) is 25.0. The maximum absolute atomic E-state index is 11.8. The van der Waals surface area contributed by atoms with Crippen LogP contribution in [0.25, 0.3) is 0 Å². The second-order valence-electron chi connectivity index (χ2n) is 4.75. The summed E-state index contributed by atoms with van der Waals surface area (Å²) in [5.74, 6) is 0.0606. The number of carbonyl (C=O) groups excluding carboxylic acids is 2. The molecule has 1 saturated heterocycles. The number of morpholine rings is 1. The predicted octanol–water partition coefficient (Wildman–Crippen LogP) is -0.896. The molecule has 2 fully saturated rings. The van der Waals surface area contributed by atoms with Crippen LogP contribution in [0.5, 0.6) is 0 Å². The molecule has 0 aromatic heterocycles.